The van der Waals surface area contributed by atoms with E-state index in [2.05, 4.69) is 12.2 Å². The number of methoxy groups -OCH3 is 1. The standard InChI is InChI=1S/C20H26N2O3/c1-4-16-10-7-8-15(2)19(16)21-20(24)22(12-13-23)14-17-9-5-6-11-18(17)25-3/h5-11,23H,4,12-14H2,1-3H3,(H,21,24). The van der Waals surface area contributed by atoms with Gasteiger partial charge in [-0.2, -0.15) is 0 Å². The van der Waals surface area contributed by atoms with Crippen LogP contribution in [0.2, 0.25) is 0 Å². The lowest BCUT2D eigenvalue weighted by Gasteiger charge is -2.24. The Morgan fingerprint density at radius 1 is 1.16 bits per heavy atom. The van der Waals surface area contributed by atoms with Gasteiger partial charge in [0.05, 0.1) is 20.3 Å². The van der Waals surface area contributed by atoms with Crippen molar-refractivity contribution in [2.45, 2.75) is 26.8 Å². The molecule has 5 nitrogen and oxygen atoms in total. The number of nitrogens with one attached hydrogen (secondary N) is 1. The fourth-order valence-corrected chi connectivity index (χ4v) is 2.80. The topological polar surface area (TPSA) is 61.8 Å². The van der Waals surface area contributed by atoms with Crippen molar-refractivity contribution in [3.05, 3.63) is 59.2 Å². The lowest BCUT2D eigenvalue weighted by molar-refractivity contribution is 0.184. The van der Waals surface area contributed by atoms with Gasteiger partial charge in [0.2, 0.25) is 0 Å². The van der Waals surface area contributed by atoms with E-state index in [0.717, 1.165) is 34.5 Å². The Kier molecular flexibility index (Phi) is 6.83. The smallest absolute Gasteiger partial charge is 0.322 e. The third kappa shape index (κ3) is 4.73. The molecule has 0 aliphatic heterocycles. The highest BCUT2D eigenvalue weighted by Gasteiger charge is 2.17. The minimum Gasteiger partial charge on any atom is -0.496 e. The van der Waals surface area contributed by atoms with Crippen LogP contribution < -0.4 is 10.1 Å². The maximum Gasteiger partial charge on any atom is 0.322 e. The van der Waals surface area contributed by atoms with Crippen molar-refractivity contribution in [3.8, 4) is 5.75 Å². The Morgan fingerprint density at radius 3 is 2.56 bits per heavy atom. The minimum absolute atomic E-state index is 0.100. The molecule has 0 fully saturated rings. The van der Waals surface area contributed by atoms with Crippen molar-refractivity contribution in [1.82, 2.24) is 4.90 Å². The number of aliphatic hydroxyl groups is 1. The van der Waals surface area contributed by atoms with Gasteiger partial charge in [0.25, 0.3) is 0 Å². The maximum absolute atomic E-state index is 12.8. The summed E-state index contributed by atoms with van der Waals surface area (Å²) in [6, 6.07) is 13.3. The van der Waals surface area contributed by atoms with Crippen LogP contribution in [-0.4, -0.2) is 36.3 Å². The Balaban J connectivity index is 2.21. The number of hydrogen-bond acceptors (Lipinski definition) is 3. The van der Waals surface area contributed by atoms with Crippen molar-refractivity contribution in [3.63, 3.8) is 0 Å². The molecule has 2 N–H and O–H groups in total. The number of benzene rings is 2. The molecule has 0 atom stereocenters. The molecule has 2 rings (SSSR count). The predicted molar refractivity (Wildman–Crippen MR) is 100 cm³/mol. The van der Waals surface area contributed by atoms with Crippen molar-refractivity contribution < 1.29 is 14.6 Å². The van der Waals surface area contributed by atoms with E-state index < -0.39 is 0 Å². The lowest BCUT2D eigenvalue weighted by atomic mass is 10.1. The molecule has 0 aromatic heterocycles. The van der Waals surface area contributed by atoms with Crippen LogP contribution in [0, 0.1) is 6.92 Å². The van der Waals surface area contributed by atoms with Crippen LogP contribution in [0.4, 0.5) is 10.5 Å². The first kappa shape index (κ1) is 18.8. The number of carbonyl (C=O) groups is 1. The molecule has 2 amide bonds. The van der Waals surface area contributed by atoms with E-state index in [1.165, 1.54) is 0 Å². The number of aliphatic hydroxyl groups excluding tert-OH is 1. The summed E-state index contributed by atoms with van der Waals surface area (Å²) in [5.41, 5.74) is 3.86. The highest BCUT2D eigenvalue weighted by atomic mass is 16.5. The van der Waals surface area contributed by atoms with Crippen LogP contribution >= 0.6 is 0 Å². The van der Waals surface area contributed by atoms with Gasteiger partial charge in [0.1, 0.15) is 5.75 Å². The third-order valence-corrected chi connectivity index (χ3v) is 4.18. The van der Waals surface area contributed by atoms with Gasteiger partial charge < -0.3 is 20.1 Å². The van der Waals surface area contributed by atoms with Crippen molar-refractivity contribution in [2.24, 2.45) is 0 Å². The SMILES string of the molecule is CCc1cccc(C)c1NC(=O)N(CCO)Cc1ccccc1OC. The van der Waals surface area contributed by atoms with E-state index >= 15 is 0 Å². The van der Waals surface area contributed by atoms with E-state index in [0.29, 0.717) is 6.54 Å². The second-order valence-electron chi connectivity index (χ2n) is 5.85. The molecular formula is C20H26N2O3. The molecule has 0 aliphatic carbocycles. The second kappa shape index (κ2) is 9.08. The summed E-state index contributed by atoms with van der Waals surface area (Å²) in [4.78, 5) is 14.4. The van der Waals surface area contributed by atoms with E-state index in [9.17, 15) is 9.90 Å². The summed E-state index contributed by atoms with van der Waals surface area (Å²) < 4.78 is 5.36. The number of amides is 2. The van der Waals surface area contributed by atoms with Crippen molar-refractivity contribution in [1.29, 1.82) is 0 Å². The first-order chi connectivity index (χ1) is 12.1. The Hall–Kier alpha value is -2.53. The summed E-state index contributed by atoms with van der Waals surface area (Å²) in [6.07, 6.45) is 0.837. The predicted octanol–water partition coefficient (Wildman–Crippen LogP) is 3.59. The Morgan fingerprint density at radius 2 is 1.88 bits per heavy atom. The quantitative estimate of drug-likeness (QED) is 0.808. The third-order valence-electron chi connectivity index (χ3n) is 4.18. The fraction of sp³-hybridized carbons (Fsp3) is 0.350. The summed E-state index contributed by atoms with van der Waals surface area (Å²) >= 11 is 0. The molecule has 2 aromatic carbocycles. The summed E-state index contributed by atoms with van der Waals surface area (Å²) in [5, 5.41) is 12.4. The normalized spacial score (nSPS) is 10.4. The number of urea groups is 1. The van der Waals surface area contributed by atoms with E-state index in [1.807, 2.05) is 49.4 Å². The molecule has 0 heterocycles. The van der Waals surface area contributed by atoms with Crippen molar-refractivity contribution in [2.75, 3.05) is 25.6 Å². The summed E-state index contributed by atoms with van der Waals surface area (Å²) in [5.74, 6) is 0.725. The molecule has 0 radical (unpaired) electrons. The summed E-state index contributed by atoms with van der Waals surface area (Å²) in [6.45, 7) is 4.55. The van der Waals surface area contributed by atoms with Crippen LogP contribution in [-0.2, 0) is 13.0 Å². The van der Waals surface area contributed by atoms with Crippen LogP contribution in [0.15, 0.2) is 42.5 Å². The average molecular weight is 342 g/mol. The zero-order valence-corrected chi connectivity index (χ0v) is 15.1. The Bertz CT molecular complexity index is 716. The largest absolute Gasteiger partial charge is 0.496 e. The van der Waals surface area contributed by atoms with E-state index in [1.54, 1.807) is 12.0 Å². The van der Waals surface area contributed by atoms with Gasteiger partial charge in [0.15, 0.2) is 0 Å². The maximum atomic E-state index is 12.8. The molecule has 0 aliphatic rings. The van der Waals surface area contributed by atoms with E-state index in [-0.39, 0.29) is 19.2 Å². The molecule has 25 heavy (non-hydrogen) atoms. The van der Waals surface area contributed by atoms with Crippen LogP contribution in [0.3, 0.4) is 0 Å². The number of nitrogens with zero attached hydrogens (tertiary/aromatic N) is 1. The van der Waals surface area contributed by atoms with Crippen LogP contribution in [0.25, 0.3) is 0 Å². The number of hydrogen-bond donors (Lipinski definition) is 2. The highest BCUT2D eigenvalue weighted by Crippen LogP contribution is 2.23. The van der Waals surface area contributed by atoms with Gasteiger partial charge in [-0.1, -0.05) is 43.3 Å². The molecular weight excluding hydrogens is 316 g/mol. The van der Waals surface area contributed by atoms with Gasteiger partial charge >= 0.3 is 6.03 Å². The number of carbonyl (C=O) groups excluding carboxylic acids is 1. The Labute approximate surface area is 149 Å². The average Bonchev–Trinajstić information content (AvgIpc) is 2.63. The first-order valence-electron chi connectivity index (χ1n) is 8.47. The van der Waals surface area contributed by atoms with Gasteiger partial charge in [-0.25, -0.2) is 4.79 Å². The monoisotopic (exact) mass is 342 g/mol. The van der Waals surface area contributed by atoms with Gasteiger partial charge in [0, 0.05) is 17.8 Å². The summed E-state index contributed by atoms with van der Waals surface area (Å²) in [7, 11) is 1.61. The molecule has 5 heteroatoms. The number of para-hydroxylation sites is 2. The number of ether oxygens (including phenoxy) is 1. The van der Waals surface area contributed by atoms with Gasteiger partial charge in [-0.15, -0.1) is 0 Å². The molecule has 0 bridgehead atoms. The number of aryl methyl sites for hydroxylation is 2. The zero-order chi connectivity index (χ0) is 18.2. The molecule has 0 saturated heterocycles. The van der Waals surface area contributed by atoms with Crippen molar-refractivity contribution >= 4 is 11.7 Å². The number of anilines is 1. The molecule has 0 spiro atoms. The molecule has 0 unspecified atom stereocenters. The molecule has 0 saturated carbocycles. The second-order valence-corrected chi connectivity index (χ2v) is 5.85. The zero-order valence-electron chi connectivity index (χ0n) is 15.1. The molecule has 2 aromatic rings. The fourth-order valence-electron chi connectivity index (χ4n) is 2.80. The molecule has 134 valence electrons. The van der Waals surface area contributed by atoms with E-state index in [4.69, 9.17) is 4.74 Å². The minimum atomic E-state index is -0.232. The van der Waals surface area contributed by atoms with Crippen LogP contribution in [0.5, 0.6) is 5.75 Å². The van der Waals surface area contributed by atoms with Gasteiger partial charge in [-0.05, 0) is 30.5 Å². The first-order valence-corrected chi connectivity index (χ1v) is 8.47. The number of rotatable bonds is 7. The lowest BCUT2D eigenvalue weighted by Crippen LogP contribution is -2.37. The highest BCUT2D eigenvalue weighted by molar-refractivity contribution is 5.91. The van der Waals surface area contributed by atoms with Crippen LogP contribution in [0.1, 0.15) is 23.6 Å². The van der Waals surface area contributed by atoms with Gasteiger partial charge in [-0.3, -0.25) is 0 Å².